The van der Waals surface area contributed by atoms with E-state index < -0.39 is 0 Å². The smallest absolute Gasteiger partial charge is 0.0149 e. The first-order valence-electron chi connectivity index (χ1n) is 5.22. The Labute approximate surface area is 86.5 Å². The van der Waals surface area contributed by atoms with E-state index >= 15 is 0 Å². The van der Waals surface area contributed by atoms with Gasteiger partial charge in [-0.15, -0.1) is 0 Å². The molecule has 1 aliphatic rings. The molecular formula is C11H20ClN. The number of hydrogen-bond donors (Lipinski definition) is 1. The summed E-state index contributed by atoms with van der Waals surface area (Å²) in [6.07, 6.45) is 5.96. The van der Waals surface area contributed by atoms with Crippen LogP contribution in [0.25, 0.3) is 0 Å². The van der Waals surface area contributed by atoms with E-state index in [9.17, 15) is 0 Å². The van der Waals surface area contributed by atoms with Crippen molar-refractivity contribution in [1.29, 1.82) is 0 Å². The van der Waals surface area contributed by atoms with E-state index in [1.165, 1.54) is 19.3 Å². The Kier molecular flexibility index (Phi) is 4.82. The molecule has 0 aromatic carbocycles. The number of halogens is 1. The lowest BCUT2D eigenvalue weighted by Crippen LogP contribution is -2.36. The summed E-state index contributed by atoms with van der Waals surface area (Å²) in [5.74, 6) is 1.77. The van der Waals surface area contributed by atoms with Gasteiger partial charge in [-0.1, -0.05) is 31.5 Å². The van der Waals surface area contributed by atoms with Crippen LogP contribution in [-0.2, 0) is 0 Å². The molecule has 13 heavy (non-hydrogen) atoms. The van der Waals surface area contributed by atoms with Crippen molar-refractivity contribution in [2.24, 2.45) is 11.8 Å². The zero-order valence-electron chi connectivity index (χ0n) is 8.59. The molecule has 1 fully saturated rings. The number of hydrogen-bond acceptors (Lipinski definition) is 1. The fraction of sp³-hybridized carbons (Fsp3) is 0.818. The molecule has 0 bridgehead atoms. The summed E-state index contributed by atoms with van der Waals surface area (Å²) in [5.41, 5.74) is 1.59. The molecule has 0 saturated heterocycles. The van der Waals surface area contributed by atoms with Crippen molar-refractivity contribution < 1.29 is 0 Å². The summed E-state index contributed by atoms with van der Waals surface area (Å²) in [7, 11) is 0. The standard InChI is InChI=1S/C11H20ClN/c1-9-4-5-11(8-10(9)2)13-7-3-6-12/h3,6,9-11,13H,4-5,7-8H2,1-2H3/b6-3+. The second kappa shape index (κ2) is 5.66. The molecule has 0 spiro atoms. The van der Waals surface area contributed by atoms with Crippen molar-refractivity contribution in [3.63, 3.8) is 0 Å². The Bertz CT molecular complexity index is 167. The summed E-state index contributed by atoms with van der Waals surface area (Å²) < 4.78 is 0. The van der Waals surface area contributed by atoms with Gasteiger partial charge in [0.25, 0.3) is 0 Å². The molecule has 3 atom stereocenters. The highest BCUT2D eigenvalue weighted by molar-refractivity contribution is 6.25. The van der Waals surface area contributed by atoms with E-state index in [-0.39, 0.29) is 0 Å². The predicted molar refractivity (Wildman–Crippen MR) is 59.0 cm³/mol. The van der Waals surface area contributed by atoms with Gasteiger partial charge in [-0.3, -0.25) is 0 Å². The second-order valence-electron chi connectivity index (χ2n) is 4.23. The fourth-order valence-electron chi connectivity index (χ4n) is 2.01. The Morgan fingerprint density at radius 1 is 1.31 bits per heavy atom. The van der Waals surface area contributed by atoms with Crippen LogP contribution in [0.4, 0.5) is 0 Å². The molecule has 1 aliphatic carbocycles. The molecule has 0 aromatic rings. The first kappa shape index (κ1) is 11.1. The fourth-order valence-corrected chi connectivity index (χ4v) is 2.10. The first-order chi connectivity index (χ1) is 6.24. The Balaban J connectivity index is 2.21. The van der Waals surface area contributed by atoms with E-state index in [1.807, 2.05) is 6.08 Å². The van der Waals surface area contributed by atoms with Crippen molar-refractivity contribution >= 4 is 11.6 Å². The topological polar surface area (TPSA) is 12.0 Å². The van der Waals surface area contributed by atoms with Crippen molar-refractivity contribution in [3.8, 4) is 0 Å². The molecule has 0 aliphatic heterocycles. The monoisotopic (exact) mass is 201 g/mol. The molecule has 1 rings (SSSR count). The van der Waals surface area contributed by atoms with Crippen LogP contribution in [0.5, 0.6) is 0 Å². The highest BCUT2D eigenvalue weighted by Crippen LogP contribution is 2.29. The van der Waals surface area contributed by atoms with Crippen LogP contribution >= 0.6 is 11.6 Å². The van der Waals surface area contributed by atoms with E-state index in [1.54, 1.807) is 5.54 Å². The molecule has 76 valence electrons. The van der Waals surface area contributed by atoms with Gasteiger partial charge >= 0.3 is 0 Å². The molecule has 3 unspecified atom stereocenters. The second-order valence-corrected chi connectivity index (χ2v) is 4.49. The van der Waals surface area contributed by atoms with Gasteiger partial charge in [-0.2, -0.15) is 0 Å². The molecular weight excluding hydrogens is 182 g/mol. The van der Waals surface area contributed by atoms with E-state index in [2.05, 4.69) is 19.2 Å². The Morgan fingerprint density at radius 3 is 2.69 bits per heavy atom. The van der Waals surface area contributed by atoms with Crippen LogP contribution in [-0.4, -0.2) is 12.6 Å². The Morgan fingerprint density at radius 2 is 2.08 bits per heavy atom. The van der Waals surface area contributed by atoms with Gasteiger partial charge < -0.3 is 5.32 Å². The quantitative estimate of drug-likeness (QED) is 0.740. The average Bonchev–Trinajstić information content (AvgIpc) is 2.12. The van der Waals surface area contributed by atoms with Gasteiger partial charge in [0, 0.05) is 18.1 Å². The molecule has 1 saturated carbocycles. The minimum absolute atomic E-state index is 0.707. The van der Waals surface area contributed by atoms with Crippen LogP contribution in [0, 0.1) is 11.8 Å². The maximum absolute atomic E-state index is 5.45. The Hall–Kier alpha value is -0.0100. The van der Waals surface area contributed by atoms with Crippen molar-refractivity contribution in [1.82, 2.24) is 5.32 Å². The lowest BCUT2D eigenvalue weighted by molar-refractivity contribution is 0.230. The highest BCUT2D eigenvalue weighted by atomic mass is 35.5. The van der Waals surface area contributed by atoms with E-state index in [0.717, 1.165) is 18.4 Å². The van der Waals surface area contributed by atoms with Crippen LogP contribution < -0.4 is 5.32 Å². The largest absolute Gasteiger partial charge is 0.310 e. The highest BCUT2D eigenvalue weighted by Gasteiger charge is 2.23. The third kappa shape index (κ3) is 3.70. The molecule has 1 N–H and O–H groups in total. The molecule has 0 aromatic heterocycles. The van der Waals surface area contributed by atoms with Crippen molar-refractivity contribution in [2.45, 2.75) is 39.2 Å². The molecule has 0 radical (unpaired) electrons. The summed E-state index contributed by atoms with van der Waals surface area (Å²) in [5, 5.41) is 3.50. The zero-order chi connectivity index (χ0) is 9.68. The summed E-state index contributed by atoms with van der Waals surface area (Å²) in [6.45, 7) is 5.63. The van der Waals surface area contributed by atoms with Crippen LogP contribution in [0.1, 0.15) is 33.1 Å². The summed E-state index contributed by atoms with van der Waals surface area (Å²) >= 11 is 5.45. The normalized spacial score (nSPS) is 35.5. The van der Waals surface area contributed by atoms with Crippen molar-refractivity contribution in [2.75, 3.05) is 6.54 Å². The number of rotatable bonds is 3. The van der Waals surface area contributed by atoms with Gasteiger partial charge in [-0.25, -0.2) is 0 Å². The SMILES string of the molecule is CC1CCC(NC/C=C/Cl)CC1C. The average molecular weight is 202 g/mol. The maximum atomic E-state index is 5.45. The molecule has 0 heterocycles. The maximum Gasteiger partial charge on any atom is 0.0149 e. The first-order valence-corrected chi connectivity index (χ1v) is 5.66. The third-order valence-electron chi connectivity index (χ3n) is 3.21. The van der Waals surface area contributed by atoms with Gasteiger partial charge in [0.05, 0.1) is 0 Å². The van der Waals surface area contributed by atoms with Gasteiger partial charge in [0.15, 0.2) is 0 Å². The van der Waals surface area contributed by atoms with Gasteiger partial charge in [-0.05, 0) is 31.1 Å². The van der Waals surface area contributed by atoms with E-state index in [4.69, 9.17) is 11.6 Å². The molecule has 1 nitrogen and oxygen atoms in total. The minimum Gasteiger partial charge on any atom is -0.310 e. The van der Waals surface area contributed by atoms with Crippen molar-refractivity contribution in [3.05, 3.63) is 11.6 Å². The lowest BCUT2D eigenvalue weighted by Gasteiger charge is -2.32. The summed E-state index contributed by atoms with van der Waals surface area (Å²) in [6, 6.07) is 0.707. The minimum atomic E-state index is 0.707. The zero-order valence-corrected chi connectivity index (χ0v) is 9.35. The number of nitrogens with one attached hydrogen (secondary N) is 1. The molecule has 0 amide bonds. The lowest BCUT2D eigenvalue weighted by atomic mass is 9.79. The third-order valence-corrected chi connectivity index (χ3v) is 3.39. The predicted octanol–water partition coefficient (Wildman–Crippen LogP) is 3.15. The summed E-state index contributed by atoms with van der Waals surface area (Å²) in [4.78, 5) is 0. The van der Waals surface area contributed by atoms with Gasteiger partial charge in [0.2, 0.25) is 0 Å². The molecule has 2 heteroatoms. The van der Waals surface area contributed by atoms with Crippen LogP contribution in [0.2, 0.25) is 0 Å². The van der Waals surface area contributed by atoms with Crippen LogP contribution in [0.15, 0.2) is 11.6 Å². The van der Waals surface area contributed by atoms with Gasteiger partial charge in [0.1, 0.15) is 0 Å². The van der Waals surface area contributed by atoms with E-state index in [0.29, 0.717) is 6.04 Å². The van der Waals surface area contributed by atoms with Crippen LogP contribution in [0.3, 0.4) is 0 Å².